The van der Waals surface area contributed by atoms with Gasteiger partial charge in [0.15, 0.2) is 0 Å². The van der Waals surface area contributed by atoms with E-state index in [0.29, 0.717) is 36.5 Å². The summed E-state index contributed by atoms with van der Waals surface area (Å²) < 4.78 is 0. The van der Waals surface area contributed by atoms with Crippen LogP contribution in [0.4, 0.5) is 0 Å². The van der Waals surface area contributed by atoms with Gasteiger partial charge in [-0.05, 0) is 44.0 Å². The number of hydrogen-bond acceptors (Lipinski definition) is 5. The number of carbonyl (C=O) groups excluding carboxylic acids is 2. The fraction of sp³-hybridized carbons (Fsp3) is 0.556. The molecule has 138 valence electrons. The number of nitrogens with one attached hydrogen (secondary N) is 2. The first-order valence-corrected chi connectivity index (χ1v) is 9.21. The van der Waals surface area contributed by atoms with Gasteiger partial charge in [-0.2, -0.15) is 15.4 Å². The Labute approximate surface area is 151 Å². The second-order valence-electron chi connectivity index (χ2n) is 7.12. The van der Waals surface area contributed by atoms with Crippen LogP contribution in [0.25, 0.3) is 11.0 Å². The van der Waals surface area contributed by atoms with Crippen LogP contribution in [-0.2, 0) is 4.79 Å². The van der Waals surface area contributed by atoms with E-state index in [0.717, 1.165) is 31.4 Å². The topological polar surface area (TPSA) is 94.2 Å². The van der Waals surface area contributed by atoms with E-state index in [2.05, 4.69) is 20.7 Å². The van der Waals surface area contributed by atoms with Crippen molar-refractivity contribution in [3.8, 4) is 0 Å². The third kappa shape index (κ3) is 3.05. The van der Waals surface area contributed by atoms with Crippen LogP contribution in [0.3, 0.4) is 0 Å². The second-order valence-corrected chi connectivity index (χ2v) is 7.12. The van der Waals surface area contributed by atoms with E-state index >= 15 is 0 Å². The molecule has 0 bridgehead atoms. The molecule has 0 aliphatic carbocycles. The zero-order valence-corrected chi connectivity index (χ0v) is 14.9. The van der Waals surface area contributed by atoms with Gasteiger partial charge in [-0.3, -0.25) is 9.59 Å². The first-order valence-electron chi connectivity index (χ1n) is 9.21. The van der Waals surface area contributed by atoms with E-state index in [4.69, 9.17) is 0 Å². The molecule has 26 heavy (non-hydrogen) atoms. The molecule has 2 aromatic rings. The van der Waals surface area contributed by atoms with E-state index in [9.17, 15) is 9.59 Å². The molecule has 0 radical (unpaired) electrons. The van der Waals surface area contributed by atoms with Crippen molar-refractivity contribution in [1.82, 2.24) is 30.5 Å². The molecule has 2 aliphatic rings. The summed E-state index contributed by atoms with van der Waals surface area (Å²) in [5, 5.41) is 13.8. The standard InChI is InChI=1S/C18H24N6O2/c1-19-7-9-24-16-6-8-23(11-13(16)3-5-17(24)25)18(26)12-2-4-14-15(10-12)21-22-20-14/h2,4,10,13,16,19H,3,5-9,11H2,1H3,(H,20,21,22)/t13-,16+/m0/s1. The van der Waals surface area contributed by atoms with Crippen molar-refractivity contribution in [3.05, 3.63) is 23.8 Å². The first-order chi connectivity index (χ1) is 12.7. The van der Waals surface area contributed by atoms with E-state index in [1.807, 2.05) is 29.0 Å². The molecule has 0 spiro atoms. The van der Waals surface area contributed by atoms with Gasteiger partial charge in [-0.15, -0.1) is 0 Å². The zero-order chi connectivity index (χ0) is 18.1. The number of carbonyl (C=O) groups is 2. The average molecular weight is 356 g/mol. The Balaban J connectivity index is 1.47. The lowest BCUT2D eigenvalue weighted by Gasteiger charge is -2.47. The number of amides is 2. The summed E-state index contributed by atoms with van der Waals surface area (Å²) in [6.07, 6.45) is 2.29. The molecule has 1 aromatic heterocycles. The maximum absolute atomic E-state index is 12.9. The number of benzene rings is 1. The Bertz CT molecular complexity index is 819. The van der Waals surface area contributed by atoms with Crippen molar-refractivity contribution in [1.29, 1.82) is 0 Å². The van der Waals surface area contributed by atoms with E-state index in [1.54, 1.807) is 6.07 Å². The highest BCUT2D eigenvalue weighted by Gasteiger charge is 2.40. The van der Waals surface area contributed by atoms with Crippen molar-refractivity contribution >= 4 is 22.8 Å². The molecule has 2 aliphatic heterocycles. The molecule has 2 atom stereocenters. The minimum Gasteiger partial charge on any atom is -0.338 e. The first kappa shape index (κ1) is 17.0. The maximum atomic E-state index is 12.9. The summed E-state index contributed by atoms with van der Waals surface area (Å²) >= 11 is 0. The summed E-state index contributed by atoms with van der Waals surface area (Å²) in [6.45, 7) is 2.94. The Morgan fingerprint density at radius 2 is 2.15 bits per heavy atom. The van der Waals surface area contributed by atoms with Crippen LogP contribution in [0.2, 0.25) is 0 Å². The number of hydrogen-bond donors (Lipinski definition) is 2. The Morgan fingerprint density at radius 3 is 3.00 bits per heavy atom. The van der Waals surface area contributed by atoms with Crippen LogP contribution in [0, 0.1) is 5.92 Å². The minimum absolute atomic E-state index is 0.0343. The number of rotatable bonds is 4. The highest BCUT2D eigenvalue weighted by atomic mass is 16.2. The summed E-state index contributed by atoms with van der Waals surface area (Å²) in [5.74, 6) is 0.642. The highest BCUT2D eigenvalue weighted by Crippen LogP contribution is 2.31. The monoisotopic (exact) mass is 356 g/mol. The third-order valence-electron chi connectivity index (χ3n) is 5.60. The molecule has 0 saturated carbocycles. The van der Waals surface area contributed by atoms with Crippen LogP contribution in [0.1, 0.15) is 29.6 Å². The summed E-state index contributed by atoms with van der Waals surface area (Å²) in [5.41, 5.74) is 2.10. The zero-order valence-electron chi connectivity index (χ0n) is 14.9. The summed E-state index contributed by atoms with van der Waals surface area (Å²) in [4.78, 5) is 29.2. The second kappa shape index (κ2) is 7.03. The quantitative estimate of drug-likeness (QED) is 0.838. The Morgan fingerprint density at radius 1 is 1.31 bits per heavy atom. The predicted molar refractivity (Wildman–Crippen MR) is 96.6 cm³/mol. The number of likely N-dealkylation sites (N-methyl/N-ethyl adjacent to an activating group) is 1. The normalized spacial score (nSPS) is 23.3. The van der Waals surface area contributed by atoms with Crippen molar-refractivity contribution in [2.45, 2.75) is 25.3 Å². The lowest BCUT2D eigenvalue weighted by Crippen LogP contribution is -2.57. The van der Waals surface area contributed by atoms with E-state index in [1.165, 1.54) is 0 Å². The molecule has 2 fully saturated rings. The summed E-state index contributed by atoms with van der Waals surface area (Å²) in [6, 6.07) is 5.67. The smallest absolute Gasteiger partial charge is 0.253 e. The number of piperidine rings is 2. The number of likely N-dealkylation sites (tertiary alicyclic amines) is 2. The highest BCUT2D eigenvalue weighted by molar-refractivity contribution is 5.97. The fourth-order valence-electron chi connectivity index (χ4n) is 4.21. The van der Waals surface area contributed by atoms with Crippen molar-refractivity contribution in [2.75, 3.05) is 33.2 Å². The SMILES string of the molecule is CNCCN1C(=O)CC[C@H]2CN(C(=O)c3ccc4n[nH]nc4c3)CC[C@H]21. The van der Waals surface area contributed by atoms with Crippen LogP contribution >= 0.6 is 0 Å². The van der Waals surface area contributed by atoms with Gasteiger partial charge in [0.2, 0.25) is 5.91 Å². The number of aromatic nitrogens is 3. The molecule has 4 rings (SSSR count). The number of nitrogens with zero attached hydrogens (tertiary/aromatic N) is 4. The van der Waals surface area contributed by atoms with Gasteiger partial charge >= 0.3 is 0 Å². The predicted octanol–water partition coefficient (Wildman–Crippen LogP) is 0.630. The van der Waals surface area contributed by atoms with E-state index in [-0.39, 0.29) is 17.9 Å². The van der Waals surface area contributed by atoms with Gasteiger partial charge in [0, 0.05) is 44.2 Å². The maximum Gasteiger partial charge on any atom is 0.253 e. The molecule has 3 heterocycles. The molecule has 8 heteroatoms. The van der Waals surface area contributed by atoms with Gasteiger partial charge in [-0.1, -0.05) is 0 Å². The van der Waals surface area contributed by atoms with Gasteiger partial charge < -0.3 is 15.1 Å². The molecule has 0 unspecified atom stereocenters. The van der Waals surface area contributed by atoms with Gasteiger partial charge in [0.05, 0.1) is 0 Å². The lowest BCUT2D eigenvalue weighted by atomic mass is 9.83. The van der Waals surface area contributed by atoms with Crippen LogP contribution in [0.5, 0.6) is 0 Å². The van der Waals surface area contributed by atoms with Crippen LogP contribution in [0.15, 0.2) is 18.2 Å². The molecular weight excluding hydrogens is 332 g/mol. The number of fused-ring (bicyclic) bond motifs is 2. The van der Waals surface area contributed by atoms with Crippen molar-refractivity contribution < 1.29 is 9.59 Å². The Hall–Kier alpha value is -2.48. The van der Waals surface area contributed by atoms with E-state index < -0.39 is 0 Å². The molecule has 1 aromatic carbocycles. The van der Waals surface area contributed by atoms with Crippen LogP contribution < -0.4 is 5.32 Å². The van der Waals surface area contributed by atoms with Gasteiger partial charge in [0.25, 0.3) is 5.91 Å². The molecule has 8 nitrogen and oxygen atoms in total. The van der Waals surface area contributed by atoms with Crippen molar-refractivity contribution in [2.24, 2.45) is 5.92 Å². The molecule has 2 saturated heterocycles. The molecule has 2 N–H and O–H groups in total. The Kier molecular flexibility index (Phi) is 4.58. The fourth-order valence-corrected chi connectivity index (χ4v) is 4.21. The van der Waals surface area contributed by atoms with Crippen LogP contribution in [-0.4, -0.2) is 76.3 Å². The molecular formula is C18H24N6O2. The lowest BCUT2D eigenvalue weighted by molar-refractivity contribution is -0.140. The minimum atomic E-state index is 0.0343. The number of aromatic amines is 1. The molecule has 2 amide bonds. The van der Waals surface area contributed by atoms with Gasteiger partial charge in [-0.25, -0.2) is 0 Å². The summed E-state index contributed by atoms with van der Waals surface area (Å²) in [7, 11) is 1.90. The third-order valence-corrected chi connectivity index (χ3v) is 5.60. The largest absolute Gasteiger partial charge is 0.338 e. The van der Waals surface area contributed by atoms with Gasteiger partial charge in [0.1, 0.15) is 11.0 Å². The van der Waals surface area contributed by atoms with Crippen molar-refractivity contribution in [3.63, 3.8) is 0 Å². The number of H-pyrrole nitrogens is 1. The average Bonchev–Trinajstić information content (AvgIpc) is 3.14.